The number of hydrogen-bond donors (Lipinski definition) is 3. The number of carbonyl (C=O) groups is 2. The fraction of sp³-hybridized carbons (Fsp3) is 0.533. The molecule has 22 heavy (non-hydrogen) atoms. The summed E-state index contributed by atoms with van der Waals surface area (Å²) in [5.74, 6) is 2.51. The van der Waals surface area contributed by atoms with Crippen molar-refractivity contribution in [1.82, 2.24) is 25.7 Å². The molecule has 1 saturated heterocycles. The predicted molar refractivity (Wildman–Crippen MR) is 82.4 cm³/mol. The number of terminal acetylenes is 1. The highest BCUT2D eigenvalue weighted by atomic mass is 16.2. The Balaban J connectivity index is 1.88. The maximum atomic E-state index is 12.4. The Hall–Kier alpha value is -2.49. The van der Waals surface area contributed by atoms with Crippen LogP contribution in [0.2, 0.25) is 0 Å². The number of rotatable bonds is 4. The molecule has 118 valence electrons. The van der Waals surface area contributed by atoms with Crippen LogP contribution in [0.5, 0.6) is 0 Å². The molecule has 1 aliphatic rings. The Bertz CT molecular complexity index is 587. The number of likely N-dealkylation sites (tertiary alicyclic amines) is 1. The molecule has 7 nitrogen and oxygen atoms in total. The molecule has 0 spiro atoms. The minimum Gasteiger partial charge on any atom is -0.335 e. The molecule has 0 unspecified atom stereocenters. The zero-order valence-electron chi connectivity index (χ0n) is 12.8. The van der Waals surface area contributed by atoms with Gasteiger partial charge < -0.3 is 15.5 Å². The van der Waals surface area contributed by atoms with E-state index in [4.69, 9.17) is 6.42 Å². The van der Waals surface area contributed by atoms with Crippen LogP contribution in [0.15, 0.2) is 6.07 Å². The fourth-order valence-corrected chi connectivity index (χ4v) is 2.33. The van der Waals surface area contributed by atoms with E-state index in [9.17, 15) is 9.59 Å². The molecular formula is C15H21N5O2. The van der Waals surface area contributed by atoms with Crippen molar-refractivity contribution in [1.29, 1.82) is 0 Å². The van der Waals surface area contributed by atoms with Crippen LogP contribution in [0.3, 0.4) is 0 Å². The van der Waals surface area contributed by atoms with Crippen molar-refractivity contribution in [2.75, 3.05) is 19.6 Å². The van der Waals surface area contributed by atoms with Crippen LogP contribution in [0.1, 0.15) is 42.4 Å². The summed E-state index contributed by atoms with van der Waals surface area (Å²) >= 11 is 0. The van der Waals surface area contributed by atoms with Gasteiger partial charge in [0.05, 0.1) is 6.54 Å². The lowest BCUT2D eigenvalue weighted by Gasteiger charge is -2.16. The number of carbonyl (C=O) groups excluding carboxylic acids is 2. The van der Waals surface area contributed by atoms with Gasteiger partial charge in [-0.3, -0.25) is 9.89 Å². The van der Waals surface area contributed by atoms with Gasteiger partial charge in [0.1, 0.15) is 5.69 Å². The van der Waals surface area contributed by atoms with Gasteiger partial charge in [-0.15, -0.1) is 6.42 Å². The summed E-state index contributed by atoms with van der Waals surface area (Å²) in [4.78, 5) is 25.6. The van der Waals surface area contributed by atoms with Gasteiger partial charge in [0.25, 0.3) is 5.91 Å². The normalized spacial score (nSPS) is 17.4. The molecule has 7 heteroatoms. The summed E-state index contributed by atoms with van der Waals surface area (Å²) < 4.78 is 0. The lowest BCUT2D eigenvalue weighted by Crippen LogP contribution is -2.44. The van der Waals surface area contributed by atoms with Crippen LogP contribution in [0.4, 0.5) is 4.79 Å². The molecule has 2 heterocycles. The molecule has 0 saturated carbocycles. The zero-order chi connectivity index (χ0) is 16.1. The number of aromatic nitrogens is 2. The maximum absolute atomic E-state index is 12.4. The van der Waals surface area contributed by atoms with Crippen LogP contribution >= 0.6 is 0 Å². The topological polar surface area (TPSA) is 90.1 Å². The highest BCUT2D eigenvalue weighted by Crippen LogP contribution is 2.16. The van der Waals surface area contributed by atoms with Crippen molar-refractivity contribution in [3.8, 4) is 12.3 Å². The first-order valence-electron chi connectivity index (χ1n) is 7.33. The summed E-state index contributed by atoms with van der Waals surface area (Å²) in [5.41, 5.74) is 1.35. The quantitative estimate of drug-likeness (QED) is 0.715. The van der Waals surface area contributed by atoms with E-state index in [0.29, 0.717) is 24.7 Å². The first-order chi connectivity index (χ1) is 10.5. The third-order valence-corrected chi connectivity index (χ3v) is 3.60. The Morgan fingerprint density at radius 3 is 3.00 bits per heavy atom. The molecule has 1 aromatic rings. The van der Waals surface area contributed by atoms with E-state index in [1.807, 2.05) is 13.8 Å². The molecular weight excluding hydrogens is 282 g/mol. The van der Waals surface area contributed by atoms with Gasteiger partial charge in [-0.1, -0.05) is 19.8 Å². The Morgan fingerprint density at radius 1 is 1.59 bits per heavy atom. The lowest BCUT2D eigenvalue weighted by atomic mass is 10.1. The second kappa shape index (κ2) is 6.98. The average Bonchev–Trinajstić information content (AvgIpc) is 3.13. The standard InChI is InChI=1S/C15H21N5O2/c1-4-6-16-15(22)17-11-5-7-20(9-11)14(21)13-8-12(10(2)3)18-19-13/h1,8,10-11H,5-7,9H2,2-3H3,(H,18,19)(H2,16,17,22)/t11-/m1/s1. The molecule has 2 rings (SSSR count). The highest BCUT2D eigenvalue weighted by molar-refractivity contribution is 5.92. The van der Waals surface area contributed by atoms with Gasteiger partial charge >= 0.3 is 6.03 Å². The Kier molecular flexibility index (Phi) is 5.04. The molecule has 3 N–H and O–H groups in total. The zero-order valence-corrected chi connectivity index (χ0v) is 12.8. The van der Waals surface area contributed by atoms with Crippen LogP contribution in [-0.2, 0) is 0 Å². The first-order valence-corrected chi connectivity index (χ1v) is 7.33. The molecule has 1 atom stereocenters. The van der Waals surface area contributed by atoms with E-state index >= 15 is 0 Å². The van der Waals surface area contributed by atoms with E-state index < -0.39 is 0 Å². The van der Waals surface area contributed by atoms with E-state index in [2.05, 4.69) is 26.8 Å². The summed E-state index contributed by atoms with van der Waals surface area (Å²) in [6.07, 6.45) is 5.80. The van der Waals surface area contributed by atoms with Gasteiger partial charge in [0.2, 0.25) is 0 Å². The third-order valence-electron chi connectivity index (χ3n) is 3.60. The number of aromatic amines is 1. The van der Waals surface area contributed by atoms with E-state index in [0.717, 1.165) is 12.1 Å². The monoisotopic (exact) mass is 303 g/mol. The predicted octanol–water partition coefficient (Wildman–Crippen LogP) is 0.680. The lowest BCUT2D eigenvalue weighted by molar-refractivity contribution is 0.0783. The van der Waals surface area contributed by atoms with Crippen molar-refractivity contribution in [2.24, 2.45) is 0 Å². The van der Waals surface area contributed by atoms with E-state index in [-0.39, 0.29) is 24.5 Å². The number of amides is 3. The summed E-state index contributed by atoms with van der Waals surface area (Å²) in [5, 5.41) is 12.3. The molecule has 1 aromatic heterocycles. The van der Waals surface area contributed by atoms with Crippen molar-refractivity contribution in [3.63, 3.8) is 0 Å². The third kappa shape index (κ3) is 3.79. The highest BCUT2D eigenvalue weighted by Gasteiger charge is 2.29. The Labute approximate surface area is 129 Å². The fourth-order valence-electron chi connectivity index (χ4n) is 2.33. The van der Waals surface area contributed by atoms with Crippen molar-refractivity contribution < 1.29 is 9.59 Å². The van der Waals surface area contributed by atoms with Crippen molar-refractivity contribution >= 4 is 11.9 Å². The van der Waals surface area contributed by atoms with Gasteiger partial charge in [-0.25, -0.2) is 4.79 Å². The minimum atomic E-state index is -0.306. The summed E-state index contributed by atoms with van der Waals surface area (Å²) in [6.45, 7) is 5.33. The second-order valence-electron chi connectivity index (χ2n) is 5.63. The molecule has 0 aromatic carbocycles. The van der Waals surface area contributed by atoms with Crippen LogP contribution < -0.4 is 10.6 Å². The smallest absolute Gasteiger partial charge is 0.315 e. The molecule has 1 fully saturated rings. The Morgan fingerprint density at radius 2 is 2.36 bits per heavy atom. The number of H-pyrrole nitrogens is 1. The van der Waals surface area contributed by atoms with Gasteiger partial charge in [-0.2, -0.15) is 5.10 Å². The largest absolute Gasteiger partial charge is 0.335 e. The van der Waals surface area contributed by atoms with Gasteiger partial charge in [0.15, 0.2) is 0 Å². The first kappa shape index (κ1) is 15.9. The van der Waals surface area contributed by atoms with Crippen LogP contribution in [0.25, 0.3) is 0 Å². The second-order valence-corrected chi connectivity index (χ2v) is 5.63. The van der Waals surface area contributed by atoms with Gasteiger partial charge in [0, 0.05) is 24.8 Å². The molecule has 1 aliphatic heterocycles. The summed E-state index contributed by atoms with van der Waals surface area (Å²) in [7, 11) is 0. The number of nitrogens with zero attached hydrogens (tertiary/aromatic N) is 2. The van der Waals surface area contributed by atoms with E-state index in [1.165, 1.54) is 0 Å². The molecule has 0 bridgehead atoms. The van der Waals surface area contributed by atoms with Crippen molar-refractivity contribution in [2.45, 2.75) is 32.2 Å². The van der Waals surface area contributed by atoms with Crippen molar-refractivity contribution in [3.05, 3.63) is 17.5 Å². The molecule has 3 amide bonds. The number of nitrogens with one attached hydrogen (secondary N) is 3. The SMILES string of the molecule is C#CCNC(=O)N[C@@H]1CCN(C(=O)c2cc(C(C)C)[nH]n2)C1. The van der Waals surface area contributed by atoms with Crippen LogP contribution in [-0.4, -0.2) is 52.7 Å². The minimum absolute atomic E-state index is 0.0646. The van der Waals surface area contributed by atoms with Crippen LogP contribution in [0, 0.1) is 12.3 Å². The molecule has 0 radical (unpaired) electrons. The molecule has 0 aliphatic carbocycles. The van der Waals surface area contributed by atoms with E-state index in [1.54, 1.807) is 11.0 Å². The number of urea groups is 1. The van der Waals surface area contributed by atoms with Gasteiger partial charge in [-0.05, 0) is 18.4 Å². The summed E-state index contributed by atoms with van der Waals surface area (Å²) in [6, 6.07) is 1.41. The average molecular weight is 303 g/mol. The maximum Gasteiger partial charge on any atom is 0.315 e. The number of hydrogen-bond acceptors (Lipinski definition) is 3.